The van der Waals surface area contributed by atoms with Crippen LogP contribution in [0.3, 0.4) is 0 Å². The molecule has 0 N–H and O–H groups in total. The number of hydrogen-bond donors (Lipinski definition) is 0. The largest absolute Gasteiger partial charge is 0.290 e. The van der Waals surface area contributed by atoms with E-state index < -0.39 is 0 Å². The average molecular weight is 422 g/mol. The molecule has 7 heteroatoms. The highest BCUT2D eigenvalue weighted by Gasteiger charge is 2.20. The number of fused-ring (bicyclic) bond motifs is 1. The van der Waals surface area contributed by atoms with Gasteiger partial charge in [-0.25, -0.2) is 15.0 Å². The van der Waals surface area contributed by atoms with Gasteiger partial charge < -0.3 is 0 Å². The van der Waals surface area contributed by atoms with Crippen LogP contribution >= 0.6 is 38.9 Å². The minimum absolute atomic E-state index is 0.720. The third kappa shape index (κ3) is 3.52. The molecule has 4 nitrogen and oxygen atoms in total. The lowest BCUT2D eigenvalue weighted by molar-refractivity contribution is 0.241. The van der Waals surface area contributed by atoms with Crippen molar-refractivity contribution >= 4 is 38.9 Å². The second kappa shape index (κ2) is 6.88. The van der Waals surface area contributed by atoms with E-state index in [1.54, 1.807) is 11.3 Å². The van der Waals surface area contributed by atoms with Crippen molar-refractivity contribution in [3.05, 3.63) is 61.7 Å². The first-order chi connectivity index (χ1) is 11.7. The molecule has 0 bridgehead atoms. The molecule has 0 radical (unpaired) electrons. The molecular formula is C17H14BrClN4S. The minimum Gasteiger partial charge on any atom is -0.290 e. The Labute approximate surface area is 157 Å². The van der Waals surface area contributed by atoms with Crippen molar-refractivity contribution < 1.29 is 0 Å². The smallest absolute Gasteiger partial charge is 0.159 e. The summed E-state index contributed by atoms with van der Waals surface area (Å²) in [4.78, 5) is 16.2. The lowest BCUT2D eigenvalue weighted by Gasteiger charge is -2.27. The van der Waals surface area contributed by atoms with Crippen molar-refractivity contribution in [2.24, 2.45) is 0 Å². The molecule has 3 heterocycles. The van der Waals surface area contributed by atoms with Crippen LogP contribution in [0.25, 0.3) is 11.4 Å². The zero-order valence-corrected chi connectivity index (χ0v) is 15.9. The lowest BCUT2D eigenvalue weighted by Crippen LogP contribution is -2.31. The highest BCUT2D eigenvalue weighted by molar-refractivity contribution is 9.10. The normalized spacial score (nSPS) is 14.6. The van der Waals surface area contributed by atoms with Crippen molar-refractivity contribution in [1.82, 2.24) is 19.9 Å². The van der Waals surface area contributed by atoms with Crippen molar-refractivity contribution in [2.75, 3.05) is 6.54 Å². The van der Waals surface area contributed by atoms with Gasteiger partial charge in [0.2, 0.25) is 0 Å². The van der Waals surface area contributed by atoms with Gasteiger partial charge in [0.25, 0.3) is 0 Å². The standard InChI is InChI=1S/C17H14BrClN4S/c18-15-10-24-16(22-15)9-23-6-5-12-7-20-17(21-14(12)8-23)11-1-3-13(19)4-2-11/h1-4,7,10H,5-6,8-9H2. The van der Waals surface area contributed by atoms with Crippen molar-refractivity contribution in [3.8, 4) is 11.4 Å². The summed E-state index contributed by atoms with van der Waals surface area (Å²) in [6, 6.07) is 7.65. The average Bonchev–Trinajstić information content (AvgIpc) is 3.00. The maximum Gasteiger partial charge on any atom is 0.159 e. The highest BCUT2D eigenvalue weighted by Crippen LogP contribution is 2.24. The van der Waals surface area contributed by atoms with Crippen LogP contribution < -0.4 is 0 Å². The van der Waals surface area contributed by atoms with Gasteiger partial charge in [-0.15, -0.1) is 11.3 Å². The Balaban J connectivity index is 1.55. The van der Waals surface area contributed by atoms with E-state index in [0.717, 1.165) is 57.8 Å². The Morgan fingerprint density at radius 1 is 1.21 bits per heavy atom. The fourth-order valence-corrected chi connectivity index (χ4v) is 4.21. The number of nitrogens with zero attached hydrogens (tertiary/aromatic N) is 4. The SMILES string of the molecule is Clc1ccc(-c2ncc3c(n2)CN(Cc2nc(Br)cs2)CC3)cc1. The molecule has 1 aliphatic heterocycles. The lowest BCUT2D eigenvalue weighted by atomic mass is 10.1. The van der Waals surface area contributed by atoms with Gasteiger partial charge >= 0.3 is 0 Å². The molecule has 0 spiro atoms. The number of thiazole rings is 1. The van der Waals surface area contributed by atoms with Crippen LogP contribution in [0, 0.1) is 0 Å². The van der Waals surface area contributed by atoms with E-state index in [1.165, 1.54) is 5.56 Å². The van der Waals surface area contributed by atoms with E-state index in [9.17, 15) is 0 Å². The van der Waals surface area contributed by atoms with Crippen LogP contribution in [0.15, 0.2) is 40.4 Å². The summed E-state index contributed by atoms with van der Waals surface area (Å²) in [7, 11) is 0. The van der Waals surface area contributed by atoms with Gasteiger partial charge in [0.15, 0.2) is 5.82 Å². The van der Waals surface area contributed by atoms with Crippen LogP contribution in [-0.2, 0) is 19.5 Å². The molecular weight excluding hydrogens is 408 g/mol. The van der Waals surface area contributed by atoms with Crippen LogP contribution in [0.1, 0.15) is 16.3 Å². The topological polar surface area (TPSA) is 41.9 Å². The molecule has 0 saturated carbocycles. The zero-order valence-electron chi connectivity index (χ0n) is 12.7. The highest BCUT2D eigenvalue weighted by atomic mass is 79.9. The fraction of sp³-hybridized carbons (Fsp3) is 0.235. The van der Waals surface area contributed by atoms with E-state index in [-0.39, 0.29) is 0 Å². The molecule has 24 heavy (non-hydrogen) atoms. The summed E-state index contributed by atoms with van der Waals surface area (Å²) in [5.74, 6) is 0.754. The summed E-state index contributed by atoms with van der Waals surface area (Å²) in [6.07, 6.45) is 2.94. The van der Waals surface area contributed by atoms with E-state index in [2.05, 4.69) is 30.8 Å². The first-order valence-electron chi connectivity index (χ1n) is 7.60. The summed E-state index contributed by atoms with van der Waals surface area (Å²) in [6.45, 7) is 2.69. The Hall–Kier alpha value is -1.34. The van der Waals surface area contributed by atoms with E-state index in [0.29, 0.717) is 0 Å². The summed E-state index contributed by atoms with van der Waals surface area (Å²) < 4.78 is 0.909. The summed E-state index contributed by atoms with van der Waals surface area (Å²) in [5, 5.41) is 3.86. The Morgan fingerprint density at radius 2 is 2.04 bits per heavy atom. The van der Waals surface area contributed by atoms with Crippen LogP contribution in [0.2, 0.25) is 5.02 Å². The third-order valence-corrected chi connectivity index (χ3v) is 5.80. The quantitative estimate of drug-likeness (QED) is 0.621. The maximum atomic E-state index is 5.96. The number of rotatable bonds is 3. The molecule has 3 aromatic rings. The Kier molecular flexibility index (Phi) is 4.63. The van der Waals surface area contributed by atoms with Crippen molar-refractivity contribution in [2.45, 2.75) is 19.5 Å². The predicted octanol–water partition coefficient (Wildman–Crippen LogP) is 4.57. The molecule has 0 saturated heterocycles. The van der Waals surface area contributed by atoms with E-state index >= 15 is 0 Å². The molecule has 4 rings (SSSR count). The van der Waals surface area contributed by atoms with Gasteiger partial charge in [0.1, 0.15) is 9.61 Å². The predicted molar refractivity (Wildman–Crippen MR) is 100 cm³/mol. The molecule has 0 atom stereocenters. The van der Waals surface area contributed by atoms with Crippen LogP contribution in [0.5, 0.6) is 0 Å². The molecule has 1 aliphatic rings. The van der Waals surface area contributed by atoms with Gasteiger partial charge in [-0.1, -0.05) is 11.6 Å². The first-order valence-corrected chi connectivity index (χ1v) is 9.65. The molecule has 2 aromatic heterocycles. The van der Waals surface area contributed by atoms with E-state index in [4.69, 9.17) is 16.6 Å². The molecule has 0 aliphatic carbocycles. The van der Waals surface area contributed by atoms with Gasteiger partial charge in [-0.3, -0.25) is 4.90 Å². The zero-order chi connectivity index (χ0) is 16.5. The fourth-order valence-electron chi connectivity index (χ4n) is 2.78. The molecule has 122 valence electrons. The number of benzene rings is 1. The van der Waals surface area contributed by atoms with Crippen LogP contribution in [0.4, 0.5) is 0 Å². The summed E-state index contributed by atoms with van der Waals surface area (Å²) in [5.41, 5.74) is 3.34. The van der Waals surface area contributed by atoms with Crippen LogP contribution in [-0.4, -0.2) is 26.4 Å². The van der Waals surface area contributed by atoms with Gasteiger partial charge in [-0.05, 0) is 52.2 Å². The van der Waals surface area contributed by atoms with Crippen molar-refractivity contribution in [1.29, 1.82) is 0 Å². The third-order valence-electron chi connectivity index (χ3n) is 4.01. The first kappa shape index (κ1) is 16.1. The molecule has 1 aromatic carbocycles. The monoisotopic (exact) mass is 420 g/mol. The van der Waals surface area contributed by atoms with Gasteiger partial charge in [-0.2, -0.15) is 0 Å². The minimum atomic E-state index is 0.720. The van der Waals surface area contributed by atoms with E-state index in [1.807, 2.05) is 35.8 Å². The molecule has 0 amide bonds. The second-order valence-electron chi connectivity index (χ2n) is 5.70. The number of halogens is 2. The maximum absolute atomic E-state index is 5.96. The molecule has 0 fully saturated rings. The van der Waals surface area contributed by atoms with Crippen molar-refractivity contribution in [3.63, 3.8) is 0 Å². The van der Waals surface area contributed by atoms with Gasteiger partial charge in [0, 0.05) is 35.3 Å². The summed E-state index contributed by atoms with van der Waals surface area (Å²) >= 11 is 11.1. The Bertz CT molecular complexity index is 865. The Morgan fingerprint density at radius 3 is 2.79 bits per heavy atom. The number of hydrogen-bond acceptors (Lipinski definition) is 5. The second-order valence-corrected chi connectivity index (χ2v) is 7.89. The molecule has 0 unspecified atom stereocenters. The van der Waals surface area contributed by atoms with Gasteiger partial charge in [0.05, 0.1) is 12.2 Å². The number of aromatic nitrogens is 3.